The van der Waals surface area contributed by atoms with Crippen molar-refractivity contribution in [2.45, 2.75) is 20.0 Å². The molecule has 0 saturated heterocycles. The van der Waals surface area contributed by atoms with Crippen molar-refractivity contribution in [1.82, 2.24) is 9.97 Å². The van der Waals surface area contributed by atoms with E-state index in [9.17, 15) is 22.8 Å². The zero-order chi connectivity index (χ0) is 25.2. The van der Waals surface area contributed by atoms with E-state index in [1.54, 1.807) is 31.3 Å². The van der Waals surface area contributed by atoms with E-state index >= 15 is 0 Å². The fourth-order valence-corrected chi connectivity index (χ4v) is 3.61. The average Bonchev–Trinajstić information content (AvgIpc) is 3.30. The minimum absolute atomic E-state index is 0.132. The van der Waals surface area contributed by atoms with E-state index in [2.05, 4.69) is 25.9 Å². The van der Waals surface area contributed by atoms with Crippen LogP contribution in [0.3, 0.4) is 0 Å². The van der Waals surface area contributed by atoms with Gasteiger partial charge in [0.1, 0.15) is 5.65 Å². The van der Waals surface area contributed by atoms with Gasteiger partial charge in [-0.15, -0.1) is 0 Å². The lowest BCUT2D eigenvalue weighted by atomic mass is 10.1. The van der Waals surface area contributed by atoms with Crippen LogP contribution >= 0.6 is 0 Å². The molecule has 35 heavy (non-hydrogen) atoms. The zero-order valence-electron chi connectivity index (χ0n) is 18.9. The molecule has 0 aliphatic heterocycles. The van der Waals surface area contributed by atoms with Crippen LogP contribution in [-0.2, 0) is 6.18 Å². The summed E-state index contributed by atoms with van der Waals surface area (Å²) in [5.41, 5.74) is 2.08. The molecule has 2 aromatic heterocycles. The quantitative estimate of drug-likeness (QED) is 0.279. The molecule has 10 heteroatoms. The molecular weight excluding hydrogens is 459 g/mol. The van der Waals surface area contributed by atoms with Gasteiger partial charge in [-0.3, -0.25) is 9.59 Å². The van der Waals surface area contributed by atoms with Crippen LogP contribution in [0.2, 0.25) is 0 Å². The van der Waals surface area contributed by atoms with Gasteiger partial charge in [-0.2, -0.15) is 13.2 Å². The monoisotopic (exact) mass is 481 g/mol. The minimum atomic E-state index is -4.55. The SMILES string of the molecule is CCNc1c(C(=O)Nc2cc(NC(=O)c3cccc(C(F)(F)F)c3)ccc2C)cnc2[nH]ccc12. The Balaban J connectivity index is 1.57. The first-order valence-electron chi connectivity index (χ1n) is 10.8. The Bertz CT molecular complexity index is 1410. The molecule has 180 valence electrons. The third kappa shape index (κ3) is 5.11. The highest BCUT2D eigenvalue weighted by Gasteiger charge is 2.31. The number of nitrogens with one attached hydrogen (secondary N) is 4. The summed E-state index contributed by atoms with van der Waals surface area (Å²) >= 11 is 0. The van der Waals surface area contributed by atoms with Crippen LogP contribution in [-0.4, -0.2) is 28.3 Å². The summed E-state index contributed by atoms with van der Waals surface area (Å²) in [6, 6.07) is 10.8. The predicted octanol–water partition coefficient (Wildman–Crippen LogP) is 5.83. The normalized spacial score (nSPS) is 11.3. The second-order valence-electron chi connectivity index (χ2n) is 7.83. The van der Waals surface area contributed by atoms with Gasteiger partial charge in [0.2, 0.25) is 0 Å². The molecule has 2 aromatic carbocycles. The Kier molecular flexibility index (Phi) is 6.46. The van der Waals surface area contributed by atoms with Crippen molar-refractivity contribution >= 4 is 39.9 Å². The smallest absolute Gasteiger partial charge is 0.384 e. The third-order valence-electron chi connectivity index (χ3n) is 5.38. The van der Waals surface area contributed by atoms with Crippen LogP contribution < -0.4 is 16.0 Å². The van der Waals surface area contributed by atoms with Crippen LogP contribution in [0.25, 0.3) is 11.0 Å². The molecule has 7 nitrogen and oxygen atoms in total. The number of aromatic amines is 1. The number of alkyl halides is 3. The molecule has 0 saturated carbocycles. The number of carbonyl (C=O) groups is 2. The summed E-state index contributed by atoms with van der Waals surface area (Å²) in [5, 5.41) is 9.39. The molecule has 0 atom stereocenters. The summed E-state index contributed by atoms with van der Waals surface area (Å²) in [4.78, 5) is 33.0. The summed E-state index contributed by atoms with van der Waals surface area (Å²) in [6.45, 7) is 4.30. The number of aromatic nitrogens is 2. The predicted molar refractivity (Wildman–Crippen MR) is 129 cm³/mol. The van der Waals surface area contributed by atoms with Crippen molar-refractivity contribution in [3.8, 4) is 0 Å². The van der Waals surface area contributed by atoms with Gasteiger partial charge in [0, 0.05) is 41.3 Å². The van der Waals surface area contributed by atoms with Gasteiger partial charge in [-0.25, -0.2) is 4.98 Å². The Hall–Kier alpha value is -4.34. The average molecular weight is 481 g/mol. The van der Waals surface area contributed by atoms with Crippen LogP contribution in [0.15, 0.2) is 60.9 Å². The van der Waals surface area contributed by atoms with Crippen LogP contribution in [0.1, 0.15) is 38.8 Å². The van der Waals surface area contributed by atoms with Crippen molar-refractivity contribution in [2.24, 2.45) is 0 Å². The summed E-state index contributed by atoms with van der Waals surface area (Å²) < 4.78 is 38.9. The number of rotatable bonds is 6. The Labute approximate surface area is 198 Å². The first-order valence-corrected chi connectivity index (χ1v) is 10.8. The second kappa shape index (κ2) is 9.49. The van der Waals surface area contributed by atoms with E-state index < -0.39 is 23.6 Å². The second-order valence-corrected chi connectivity index (χ2v) is 7.83. The Morgan fingerprint density at radius 1 is 1.03 bits per heavy atom. The van der Waals surface area contributed by atoms with Gasteiger partial charge in [-0.05, 0) is 55.8 Å². The van der Waals surface area contributed by atoms with Crippen molar-refractivity contribution in [1.29, 1.82) is 0 Å². The number of amides is 2. The minimum Gasteiger partial charge on any atom is -0.384 e. The third-order valence-corrected chi connectivity index (χ3v) is 5.38. The molecule has 0 radical (unpaired) electrons. The number of pyridine rings is 1. The number of halogens is 3. The molecule has 0 spiro atoms. The standard InChI is InChI=1S/C25H22F3N5O2/c1-3-29-21-18-9-10-30-22(18)31-13-19(21)24(35)33-20-12-17(8-7-14(20)2)32-23(34)15-5-4-6-16(11-15)25(26,27)28/h4-13H,3H2,1-2H3,(H,32,34)(H,33,35)(H2,29,30,31). The van der Waals surface area contributed by atoms with Crippen molar-refractivity contribution < 1.29 is 22.8 Å². The lowest BCUT2D eigenvalue weighted by Crippen LogP contribution is -2.17. The number of carbonyl (C=O) groups excluding carboxylic acids is 2. The van der Waals surface area contributed by atoms with Crippen LogP contribution in [0, 0.1) is 6.92 Å². The maximum Gasteiger partial charge on any atom is 0.416 e. The molecule has 4 rings (SSSR count). The fraction of sp³-hybridized carbons (Fsp3) is 0.160. The molecule has 0 aliphatic rings. The largest absolute Gasteiger partial charge is 0.416 e. The molecular formula is C25H22F3N5O2. The topological polar surface area (TPSA) is 98.9 Å². The van der Waals surface area contributed by atoms with Gasteiger partial charge in [0.05, 0.1) is 16.8 Å². The van der Waals surface area contributed by atoms with E-state index in [4.69, 9.17) is 0 Å². The first kappa shape index (κ1) is 23.8. The summed E-state index contributed by atoms with van der Waals surface area (Å²) in [6.07, 6.45) is -1.34. The van der Waals surface area contributed by atoms with E-state index in [1.165, 1.54) is 18.3 Å². The van der Waals surface area contributed by atoms with Crippen molar-refractivity contribution in [3.63, 3.8) is 0 Å². The fourth-order valence-electron chi connectivity index (χ4n) is 3.61. The van der Waals surface area contributed by atoms with Gasteiger partial charge in [-0.1, -0.05) is 12.1 Å². The number of H-pyrrole nitrogens is 1. The highest BCUT2D eigenvalue weighted by atomic mass is 19.4. The first-order chi connectivity index (χ1) is 16.7. The van der Waals surface area contributed by atoms with Crippen molar-refractivity contribution in [2.75, 3.05) is 22.5 Å². The molecule has 0 aliphatic carbocycles. The van der Waals surface area contributed by atoms with E-state index in [1.807, 2.05) is 13.0 Å². The van der Waals surface area contributed by atoms with Gasteiger partial charge in [0.25, 0.3) is 11.8 Å². The van der Waals surface area contributed by atoms with E-state index in [-0.39, 0.29) is 5.56 Å². The molecule has 0 fully saturated rings. The molecule has 4 N–H and O–H groups in total. The number of aryl methyl sites for hydroxylation is 1. The van der Waals surface area contributed by atoms with Gasteiger partial charge < -0.3 is 20.9 Å². The number of nitrogens with zero attached hydrogens (tertiary/aromatic N) is 1. The molecule has 4 aromatic rings. The molecule has 2 amide bonds. The molecule has 0 unspecified atom stereocenters. The van der Waals surface area contributed by atoms with E-state index in [0.717, 1.165) is 23.1 Å². The molecule has 2 heterocycles. The highest BCUT2D eigenvalue weighted by Crippen LogP contribution is 2.30. The zero-order valence-corrected chi connectivity index (χ0v) is 18.9. The van der Waals surface area contributed by atoms with Gasteiger partial charge >= 0.3 is 6.18 Å². The lowest BCUT2D eigenvalue weighted by Gasteiger charge is -2.15. The number of benzene rings is 2. The summed E-state index contributed by atoms with van der Waals surface area (Å²) in [7, 11) is 0. The number of hydrogen-bond acceptors (Lipinski definition) is 4. The number of hydrogen-bond donors (Lipinski definition) is 4. The van der Waals surface area contributed by atoms with Gasteiger partial charge in [0.15, 0.2) is 0 Å². The maximum absolute atomic E-state index is 13.1. The van der Waals surface area contributed by atoms with Crippen molar-refractivity contribution in [3.05, 3.63) is 83.2 Å². The Morgan fingerprint density at radius 2 is 1.83 bits per heavy atom. The Morgan fingerprint density at radius 3 is 2.57 bits per heavy atom. The lowest BCUT2D eigenvalue weighted by molar-refractivity contribution is -0.137. The summed E-state index contributed by atoms with van der Waals surface area (Å²) in [5.74, 6) is -1.10. The maximum atomic E-state index is 13.1. The van der Waals surface area contributed by atoms with E-state index in [0.29, 0.717) is 34.8 Å². The highest BCUT2D eigenvalue weighted by molar-refractivity contribution is 6.12. The number of anilines is 3. The van der Waals surface area contributed by atoms with Crippen LogP contribution in [0.5, 0.6) is 0 Å². The van der Waals surface area contributed by atoms with Crippen LogP contribution in [0.4, 0.5) is 30.2 Å². The molecule has 0 bridgehead atoms. The number of fused-ring (bicyclic) bond motifs is 1.